The Hall–Kier alpha value is -1.93. The van der Waals surface area contributed by atoms with Crippen LogP contribution < -0.4 is 0 Å². The van der Waals surface area contributed by atoms with Crippen LogP contribution in [0.15, 0.2) is 16.8 Å². The second-order valence-corrected chi connectivity index (χ2v) is 9.50. The first-order chi connectivity index (χ1) is 12.7. The Bertz CT molecular complexity index is 824. The second kappa shape index (κ2) is 7.59. The molecule has 1 aliphatic rings. The average Bonchev–Trinajstić information content (AvgIpc) is 3.22. The van der Waals surface area contributed by atoms with Gasteiger partial charge >= 0.3 is 6.09 Å². The summed E-state index contributed by atoms with van der Waals surface area (Å²) in [6.07, 6.45) is -0.324. The number of carbonyl (C=O) groups excluding carboxylic acids is 2. The minimum Gasteiger partial charge on any atom is -0.444 e. The largest absolute Gasteiger partial charge is 0.444 e. The molecule has 1 aliphatic heterocycles. The molecule has 3 rings (SSSR count). The fraction of sp³-hybridized carbons (Fsp3) is 0.526. The highest BCUT2D eigenvalue weighted by Crippen LogP contribution is 2.31. The fourth-order valence-corrected chi connectivity index (χ4v) is 4.72. The van der Waals surface area contributed by atoms with Crippen molar-refractivity contribution in [1.82, 2.24) is 14.8 Å². The van der Waals surface area contributed by atoms with E-state index in [9.17, 15) is 9.59 Å². The highest BCUT2D eigenvalue weighted by atomic mass is 32.1. The number of thiophene rings is 1. The molecule has 2 amide bonds. The number of aryl methyl sites for hydroxylation is 1. The van der Waals surface area contributed by atoms with Gasteiger partial charge in [0.15, 0.2) is 0 Å². The van der Waals surface area contributed by atoms with E-state index in [0.717, 1.165) is 16.3 Å². The van der Waals surface area contributed by atoms with Crippen LogP contribution in [0.25, 0.3) is 10.6 Å². The van der Waals surface area contributed by atoms with Crippen LogP contribution in [0.3, 0.4) is 0 Å². The Labute approximate surface area is 167 Å². The molecule has 1 unspecified atom stereocenters. The molecule has 2 aromatic rings. The van der Waals surface area contributed by atoms with Crippen LogP contribution in [-0.4, -0.2) is 58.1 Å². The smallest absolute Gasteiger partial charge is 0.410 e. The summed E-state index contributed by atoms with van der Waals surface area (Å²) >= 11 is 3.05. The van der Waals surface area contributed by atoms with E-state index in [0.29, 0.717) is 24.5 Å². The van der Waals surface area contributed by atoms with Gasteiger partial charge in [0.05, 0.1) is 5.69 Å². The predicted octanol–water partition coefficient (Wildman–Crippen LogP) is 4.26. The molecular formula is C19H25N3O3S2. The van der Waals surface area contributed by atoms with Gasteiger partial charge in [0.2, 0.25) is 0 Å². The molecule has 0 N–H and O–H groups in total. The molecular weight excluding hydrogens is 382 g/mol. The number of amides is 2. The maximum Gasteiger partial charge on any atom is 0.410 e. The summed E-state index contributed by atoms with van der Waals surface area (Å²) in [5.74, 6) is -0.0113. The SMILES string of the molecule is Cc1nc(-c2ccsc2)sc1C(=O)N1CCN(C(=O)OC(C)(C)C)CC1C. The van der Waals surface area contributed by atoms with Crippen molar-refractivity contribution in [1.29, 1.82) is 0 Å². The van der Waals surface area contributed by atoms with Crippen LogP contribution >= 0.6 is 22.7 Å². The van der Waals surface area contributed by atoms with Crippen molar-refractivity contribution >= 4 is 34.7 Å². The third-order valence-corrected chi connectivity index (χ3v) is 6.18. The number of hydrogen-bond acceptors (Lipinski definition) is 6. The maximum atomic E-state index is 13.1. The lowest BCUT2D eigenvalue weighted by Crippen LogP contribution is -2.56. The van der Waals surface area contributed by atoms with E-state index in [1.165, 1.54) is 11.3 Å². The third kappa shape index (κ3) is 4.50. The van der Waals surface area contributed by atoms with Gasteiger partial charge in [0.1, 0.15) is 15.5 Å². The van der Waals surface area contributed by atoms with Gasteiger partial charge in [-0.3, -0.25) is 4.79 Å². The summed E-state index contributed by atoms with van der Waals surface area (Å²) in [5.41, 5.74) is 1.29. The summed E-state index contributed by atoms with van der Waals surface area (Å²) in [6.45, 7) is 10.8. The van der Waals surface area contributed by atoms with E-state index < -0.39 is 5.60 Å². The highest BCUT2D eigenvalue weighted by molar-refractivity contribution is 7.17. The molecule has 0 spiro atoms. The monoisotopic (exact) mass is 407 g/mol. The minimum absolute atomic E-state index is 0.0113. The first-order valence-electron chi connectivity index (χ1n) is 8.94. The van der Waals surface area contributed by atoms with Crippen molar-refractivity contribution in [3.8, 4) is 10.6 Å². The first kappa shape index (κ1) is 19.8. The maximum absolute atomic E-state index is 13.1. The van der Waals surface area contributed by atoms with E-state index >= 15 is 0 Å². The third-order valence-electron chi connectivity index (χ3n) is 4.30. The van der Waals surface area contributed by atoms with Crippen LogP contribution in [0.1, 0.15) is 43.1 Å². The number of hydrogen-bond donors (Lipinski definition) is 0. The molecule has 0 aliphatic carbocycles. The molecule has 0 saturated carbocycles. The molecule has 27 heavy (non-hydrogen) atoms. The molecule has 0 aromatic carbocycles. The lowest BCUT2D eigenvalue weighted by Gasteiger charge is -2.40. The van der Waals surface area contributed by atoms with E-state index in [-0.39, 0.29) is 18.0 Å². The van der Waals surface area contributed by atoms with E-state index in [2.05, 4.69) is 4.98 Å². The van der Waals surface area contributed by atoms with Gasteiger partial charge in [-0.15, -0.1) is 11.3 Å². The summed E-state index contributed by atoms with van der Waals surface area (Å²) < 4.78 is 5.45. The number of carbonyl (C=O) groups is 2. The van der Waals surface area contributed by atoms with Crippen LogP contribution in [0.4, 0.5) is 4.79 Å². The molecule has 8 heteroatoms. The Morgan fingerprint density at radius 2 is 2.04 bits per heavy atom. The lowest BCUT2D eigenvalue weighted by atomic mass is 10.1. The van der Waals surface area contributed by atoms with Crippen LogP contribution in [0.2, 0.25) is 0 Å². The first-order valence-corrected chi connectivity index (χ1v) is 10.7. The molecule has 1 atom stereocenters. The van der Waals surface area contributed by atoms with Gasteiger partial charge in [0.25, 0.3) is 5.91 Å². The highest BCUT2D eigenvalue weighted by Gasteiger charge is 2.33. The molecule has 1 fully saturated rings. The van der Waals surface area contributed by atoms with Crippen LogP contribution in [-0.2, 0) is 4.74 Å². The predicted molar refractivity (Wildman–Crippen MR) is 108 cm³/mol. The summed E-state index contributed by atoms with van der Waals surface area (Å²) in [5, 5.41) is 4.91. The van der Waals surface area contributed by atoms with Crippen molar-refractivity contribution in [2.75, 3.05) is 19.6 Å². The van der Waals surface area contributed by atoms with Gasteiger partial charge in [-0.25, -0.2) is 9.78 Å². The number of thiazole rings is 1. The zero-order valence-corrected chi connectivity index (χ0v) is 17.9. The normalized spacial score (nSPS) is 17.9. The Balaban J connectivity index is 1.69. The Kier molecular flexibility index (Phi) is 5.58. The summed E-state index contributed by atoms with van der Waals surface area (Å²) in [7, 11) is 0. The molecule has 1 saturated heterocycles. The van der Waals surface area contributed by atoms with Gasteiger partial charge in [-0.1, -0.05) is 0 Å². The number of aromatic nitrogens is 1. The quantitative estimate of drug-likeness (QED) is 0.746. The summed E-state index contributed by atoms with van der Waals surface area (Å²) in [4.78, 5) is 34.1. The topological polar surface area (TPSA) is 62.7 Å². The van der Waals surface area contributed by atoms with Gasteiger partial charge < -0.3 is 14.5 Å². The van der Waals surface area contributed by atoms with Crippen molar-refractivity contribution < 1.29 is 14.3 Å². The van der Waals surface area contributed by atoms with E-state index in [1.807, 2.05) is 56.3 Å². The second-order valence-electron chi connectivity index (χ2n) is 7.72. The lowest BCUT2D eigenvalue weighted by molar-refractivity contribution is 0.00624. The van der Waals surface area contributed by atoms with Crippen molar-refractivity contribution in [2.24, 2.45) is 0 Å². The number of rotatable bonds is 2. The number of piperazine rings is 1. The molecule has 0 radical (unpaired) electrons. The molecule has 6 nitrogen and oxygen atoms in total. The van der Waals surface area contributed by atoms with Crippen LogP contribution in [0.5, 0.6) is 0 Å². The average molecular weight is 408 g/mol. The molecule has 0 bridgehead atoms. The van der Waals surface area contributed by atoms with Gasteiger partial charge in [0, 0.05) is 36.6 Å². The van der Waals surface area contributed by atoms with Gasteiger partial charge in [-0.2, -0.15) is 11.3 Å². The minimum atomic E-state index is -0.523. The Morgan fingerprint density at radius 1 is 1.30 bits per heavy atom. The zero-order valence-electron chi connectivity index (χ0n) is 16.3. The van der Waals surface area contributed by atoms with Crippen molar-refractivity contribution in [3.05, 3.63) is 27.4 Å². The Morgan fingerprint density at radius 3 is 2.63 bits per heavy atom. The molecule has 2 aromatic heterocycles. The number of ether oxygens (including phenoxy) is 1. The van der Waals surface area contributed by atoms with E-state index in [1.54, 1.807) is 16.2 Å². The summed E-state index contributed by atoms with van der Waals surface area (Å²) in [6, 6.07) is 1.93. The van der Waals surface area contributed by atoms with Crippen molar-refractivity contribution in [3.63, 3.8) is 0 Å². The zero-order chi connectivity index (χ0) is 19.8. The van der Waals surface area contributed by atoms with E-state index in [4.69, 9.17) is 4.74 Å². The molecule has 3 heterocycles. The molecule has 146 valence electrons. The number of nitrogens with zero attached hydrogens (tertiary/aromatic N) is 3. The van der Waals surface area contributed by atoms with Gasteiger partial charge in [-0.05, 0) is 46.1 Å². The standard InChI is InChI=1S/C19H25N3O3S2/c1-12-10-21(18(24)25-19(3,4)5)7-8-22(12)17(23)15-13(2)20-16(27-15)14-6-9-26-11-14/h6,9,11-12H,7-8,10H2,1-5H3. The fourth-order valence-electron chi connectivity index (χ4n) is 2.99. The van der Waals surface area contributed by atoms with Crippen LogP contribution in [0, 0.1) is 6.92 Å². The van der Waals surface area contributed by atoms with Crippen molar-refractivity contribution in [2.45, 2.75) is 46.3 Å².